The van der Waals surface area contributed by atoms with Crippen molar-refractivity contribution >= 4 is 20.9 Å². The molecular weight excluding hydrogens is 404 g/mol. The SMILES string of the molecule is O=S(=O)(O)c1ccc(F)c2cc(C(F)(F)C(F)(F)C(F)(F)F)cc(O)c12. The molecule has 0 heterocycles. The Balaban J connectivity index is 2.88. The molecule has 0 aliphatic carbocycles. The lowest BCUT2D eigenvalue weighted by Gasteiger charge is -2.28. The Hall–Kier alpha value is -2.15. The van der Waals surface area contributed by atoms with Gasteiger partial charge in [-0.25, -0.2) is 4.39 Å². The van der Waals surface area contributed by atoms with Gasteiger partial charge < -0.3 is 5.11 Å². The summed E-state index contributed by atoms with van der Waals surface area (Å²) < 4.78 is 136. The van der Waals surface area contributed by atoms with Gasteiger partial charge in [0.1, 0.15) is 16.5 Å². The largest absolute Gasteiger partial charge is 0.507 e. The van der Waals surface area contributed by atoms with E-state index in [0.717, 1.165) is 0 Å². The maximum Gasteiger partial charge on any atom is 0.460 e. The van der Waals surface area contributed by atoms with Gasteiger partial charge in [0.2, 0.25) is 0 Å². The van der Waals surface area contributed by atoms with E-state index in [1.54, 1.807) is 0 Å². The van der Waals surface area contributed by atoms with Crippen molar-refractivity contribution in [1.82, 2.24) is 0 Å². The normalized spacial score (nSPS) is 14.0. The van der Waals surface area contributed by atoms with Crippen molar-refractivity contribution in [3.8, 4) is 5.75 Å². The molecule has 0 aliphatic rings. The second kappa shape index (κ2) is 5.67. The fourth-order valence-electron chi connectivity index (χ4n) is 2.15. The molecule has 0 aliphatic heterocycles. The number of benzene rings is 2. The van der Waals surface area contributed by atoms with Crippen LogP contribution in [0.2, 0.25) is 0 Å². The van der Waals surface area contributed by atoms with Crippen LogP contribution in [0.25, 0.3) is 10.8 Å². The third kappa shape index (κ3) is 2.94. The van der Waals surface area contributed by atoms with Crippen LogP contribution in [0, 0.1) is 5.82 Å². The zero-order valence-corrected chi connectivity index (χ0v) is 12.8. The van der Waals surface area contributed by atoms with Gasteiger partial charge in [-0.15, -0.1) is 0 Å². The minimum absolute atomic E-state index is 0.168. The van der Waals surface area contributed by atoms with Crippen LogP contribution in [-0.4, -0.2) is 30.2 Å². The minimum Gasteiger partial charge on any atom is -0.507 e. The Morgan fingerprint density at radius 3 is 1.92 bits per heavy atom. The van der Waals surface area contributed by atoms with Gasteiger partial charge in [-0.2, -0.15) is 39.2 Å². The van der Waals surface area contributed by atoms with Crippen LogP contribution in [0.15, 0.2) is 29.2 Å². The third-order valence-corrected chi connectivity index (χ3v) is 4.29. The second-order valence-corrected chi connectivity index (χ2v) is 6.48. The van der Waals surface area contributed by atoms with E-state index < -0.39 is 60.9 Å². The van der Waals surface area contributed by atoms with Crippen molar-refractivity contribution in [2.24, 2.45) is 0 Å². The number of fused-ring (bicyclic) bond motifs is 1. The maximum absolute atomic E-state index is 13.8. The molecule has 2 rings (SSSR count). The maximum atomic E-state index is 13.8. The first-order valence-electron chi connectivity index (χ1n) is 6.27. The van der Waals surface area contributed by atoms with Gasteiger partial charge in [-0.3, -0.25) is 4.55 Å². The molecular formula is C13H6F8O4S. The van der Waals surface area contributed by atoms with Crippen molar-refractivity contribution in [2.75, 3.05) is 0 Å². The average molecular weight is 410 g/mol. The highest BCUT2D eigenvalue weighted by Crippen LogP contribution is 2.53. The van der Waals surface area contributed by atoms with Crippen molar-refractivity contribution < 1.29 is 53.2 Å². The highest BCUT2D eigenvalue weighted by molar-refractivity contribution is 7.86. The summed E-state index contributed by atoms with van der Waals surface area (Å²) >= 11 is 0. The van der Waals surface area contributed by atoms with Gasteiger partial charge in [0, 0.05) is 16.3 Å². The van der Waals surface area contributed by atoms with E-state index in [-0.39, 0.29) is 12.1 Å². The first kappa shape index (κ1) is 20.2. The van der Waals surface area contributed by atoms with Crippen molar-refractivity contribution in [3.63, 3.8) is 0 Å². The molecule has 2 aromatic carbocycles. The number of hydrogen-bond donors (Lipinski definition) is 2. The van der Waals surface area contributed by atoms with Crippen molar-refractivity contribution in [3.05, 3.63) is 35.6 Å². The van der Waals surface area contributed by atoms with Crippen LogP contribution in [-0.2, 0) is 16.0 Å². The predicted molar refractivity (Wildman–Crippen MR) is 70.3 cm³/mol. The number of alkyl halides is 7. The number of phenolic OH excluding ortho intramolecular Hbond substituents is 1. The number of phenols is 1. The van der Waals surface area contributed by atoms with Crippen LogP contribution in [0.3, 0.4) is 0 Å². The molecule has 0 aromatic heterocycles. The lowest BCUT2D eigenvalue weighted by molar-refractivity contribution is -0.359. The number of halogens is 8. The molecule has 144 valence electrons. The highest BCUT2D eigenvalue weighted by Gasteiger charge is 2.73. The molecule has 0 unspecified atom stereocenters. The second-order valence-electron chi connectivity index (χ2n) is 5.09. The molecule has 0 spiro atoms. The summed E-state index contributed by atoms with van der Waals surface area (Å²) in [6.45, 7) is 0. The van der Waals surface area contributed by atoms with E-state index in [0.29, 0.717) is 12.1 Å². The molecule has 0 saturated carbocycles. The lowest BCUT2D eigenvalue weighted by atomic mass is 9.97. The Labute approximate surface area is 139 Å². The number of rotatable bonds is 3. The lowest BCUT2D eigenvalue weighted by Crippen LogP contribution is -2.50. The Kier molecular flexibility index (Phi) is 4.40. The third-order valence-electron chi connectivity index (χ3n) is 3.39. The van der Waals surface area contributed by atoms with Gasteiger partial charge in [0.15, 0.2) is 0 Å². The quantitative estimate of drug-likeness (QED) is 0.587. The van der Waals surface area contributed by atoms with E-state index in [9.17, 15) is 48.6 Å². The van der Waals surface area contributed by atoms with E-state index in [1.165, 1.54) is 0 Å². The topological polar surface area (TPSA) is 74.6 Å². The first-order chi connectivity index (χ1) is 11.5. The monoisotopic (exact) mass is 410 g/mol. The van der Waals surface area contributed by atoms with Gasteiger partial charge in [0.05, 0.1) is 0 Å². The van der Waals surface area contributed by atoms with Gasteiger partial charge >= 0.3 is 18.0 Å². The summed E-state index contributed by atoms with van der Waals surface area (Å²) in [7, 11) is -5.11. The first-order valence-corrected chi connectivity index (χ1v) is 7.71. The van der Waals surface area contributed by atoms with Crippen LogP contribution >= 0.6 is 0 Å². The highest BCUT2D eigenvalue weighted by atomic mass is 32.2. The number of hydrogen-bond acceptors (Lipinski definition) is 3. The summed E-state index contributed by atoms with van der Waals surface area (Å²) in [6.07, 6.45) is -6.67. The van der Waals surface area contributed by atoms with Crippen LogP contribution in [0.5, 0.6) is 5.75 Å². The molecule has 0 radical (unpaired) electrons. The van der Waals surface area contributed by atoms with E-state index >= 15 is 0 Å². The zero-order valence-electron chi connectivity index (χ0n) is 12.0. The van der Waals surface area contributed by atoms with Crippen molar-refractivity contribution in [1.29, 1.82) is 0 Å². The molecule has 0 atom stereocenters. The molecule has 26 heavy (non-hydrogen) atoms. The summed E-state index contributed by atoms with van der Waals surface area (Å²) in [5, 5.41) is 7.37. The van der Waals surface area contributed by atoms with Crippen LogP contribution < -0.4 is 0 Å². The fourth-order valence-corrected chi connectivity index (χ4v) is 2.86. The van der Waals surface area contributed by atoms with E-state index in [4.69, 9.17) is 4.55 Å². The molecule has 0 saturated heterocycles. The molecule has 4 nitrogen and oxygen atoms in total. The molecule has 2 N–H and O–H groups in total. The minimum atomic E-state index is -6.67. The van der Waals surface area contributed by atoms with Crippen LogP contribution in [0.1, 0.15) is 5.56 Å². The van der Waals surface area contributed by atoms with E-state index in [2.05, 4.69) is 0 Å². The van der Waals surface area contributed by atoms with E-state index in [1.807, 2.05) is 0 Å². The smallest absolute Gasteiger partial charge is 0.460 e. The van der Waals surface area contributed by atoms with Gasteiger partial charge in [0.25, 0.3) is 10.1 Å². The Morgan fingerprint density at radius 1 is 0.923 bits per heavy atom. The van der Waals surface area contributed by atoms with Crippen LogP contribution in [0.4, 0.5) is 35.1 Å². The molecule has 0 amide bonds. The van der Waals surface area contributed by atoms with Crippen molar-refractivity contribution in [2.45, 2.75) is 22.9 Å². The van der Waals surface area contributed by atoms with Gasteiger partial charge in [-0.1, -0.05) is 0 Å². The summed E-state index contributed by atoms with van der Waals surface area (Å²) in [5.74, 6) is -15.6. The standard InChI is InChI=1S/C13H6F8O4S/c14-7-1-2-9(26(23,24)25)10-6(7)3-5(4-8(10)22)11(15,16)12(17,18)13(19,20)21/h1-4,22H,(H,23,24,25). The number of aromatic hydroxyl groups is 1. The predicted octanol–water partition coefficient (Wildman–Crippen LogP) is 4.22. The molecule has 13 heteroatoms. The summed E-state index contributed by atoms with van der Waals surface area (Å²) in [6, 6.07) is 0.332. The van der Waals surface area contributed by atoms with Gasteiger partial charge in [-0.05, 0) is 24.3 Å². The zero-order chi connectivity index (χ0) is 20.3. The molecule has 0 bridgehead atoms. The molecule has 0 fully saturated rings. The Bertz CT molecular complexity index is 982. The fraction of sp³-hybridized carbons (Fsp3) is 0.231. The molecule has 2 aromatic rings. The summed E-state index contributed by atoms with van der Waals surface area (Å²) in [4.78, 5) is -1.16. The average Bonchev–Trinajstić information content (AvgIpc) is 2.45. The summed E-state index contributed by atoms with van der Waals surface area (Å²) in [5.41, 5.74) is -2.11. The Morgan fingerprint density at radius 2 is 1.46 bits per heavy atom.